The average Bonchev–Trinajstić information content (AvgIpc) is 2.25. The van der Waals surface area contributed by atoms with Gasteiger partial charge in [-0.3, -0.25) is 0 Å². The molecule has 17 heavy (non-hydrogen) atoms. The van der Waals surface area contributed by atoms with Crippen molar-refractivity contribution in [2.24, 2.45) is 0 Å². The van der Waals surface area contributed by atoms with E-state index >= 15 is 0 Å². The molecule has 100 valence electrons. The molecule has 2 atom stereocenters. The van der Waals surface area contributed by atoms with Crippen LogP contribution >= 0.6 is 0 Å². The van der Waals surface area contributed by atoms with Crippen LogP contribution in [0.25, 0.3) is 0 Å². The molecule has 0 aliphatic rings. The van der Waals surface area contributed by atoms with Gasteiger partial charge in [0, 0.05) is 19.6 Å². The van der Waals surface area contributed by atoms with Gasteiger partial charge < -0.3 is 25.6 Å². The van der Waals surface area contributed by atoms with Crippen molar-refractivity contribution in [3.63, 3.8) is 0 Å². The van der Waals surface area contributed by atoms with Gasteiger partial charge in [-0.05, 0) is 13.8 Å². The lowest BCUT2D eigenvalue weighted by Crippen LogP contribution is -2.49. The van der Waals surface area contributed by atoms with E-state index in [2.05, 4.69) is 10.6 Å². The largest absolute Gasteiger partial charge is 0.480 e. The summed E-state index contributed by atoms with van der Waals surface area (Å²) >= 11 is 0. The predicted octanol–water partition coefficient (Wildman–Crippen LogP) is -0.454. The Morgan fingerprint density at radius 2 is 2.00 bits per heavy atom. The summed E-state index contributed by atoms with van der Waals surface area (Å²) in [7, 11) is 0. The number of amides is 2. The van der Waals surface area contributed by atoms with Crippen LogP contribution in [0.1, 0.15) is 20.3 Å². The molecule has 0 rings (SSSR count). The molecular formula is C10H20N2O5. The zero-order valence-corrected chi connectivity index (χ0v) is 10.1. The standard InChI is InChI=1S/C10H20N2O5/c1-3-17-6-7(2)11-10(16)12-8(4-5-13)9(14)15/h7-8,13H,3-6H2,1-2H3,(H,14,15)(H2,11,12,16)/t7?,8-/m1/s1. The second-order valence-electron chi connectivity index (χ2n) is 3.58. The molecule has 2 amide bonds. The van der Waals surface area contributed by atoms with E-state index in [1.165, 1.54) is 0 Å². The molecule has 0 fully saturated rings. The van der Waals surface area contributed by atoms with Gasteiger partial charge in [-0.1, -0.05) is 0 Å². The number of carboxylic acids is 1. The minimum absolute atomic E-state index is 0.0252. The van der Waals surface area contributed by atoms with Crippen LogP contribution in [0.5, 0.6) is 0 Å². The highest BCUT2D eigenvalue weighted by atomic mass is 16.5. The predicted molar refractivity (Wildman–Crippen MR) is 60.7 cm³/mol. The van der Waals surface area contributed by atoms with Gasteiger partial charge in [0.25, 0.3) is 0 Å². The number of carboxylic acid groups (broad SMARTS) is 1. The molecule has 0 bridgehead atoms. The molecule has 0 aliphatic heterocycles. The summed E-state index contributed by atoms with van der Waals surface area (Å²) in [4.78, 5) is 22.1. The van der Waals surface area contributed by atoms with Crippen LogP contribution in [0.2, 0.25) is 0 Å². The van der Waals surface area contributed by atoms with Gasteiger partial charge in [-0.15, -0.1) is 0 Å². The lowest BCUT2D eigenvalue weighted by atomic mass is 10.2. The smallest absolute Gasteiger partial charge is 0.326 e. The molecule has 0 aliphatic carbocycles. The third-order valence-electron chi connectivity index (χ3n) is 1.97. The van der Waals surface area contributed by atoms with E-state index in [0.717, 1.165) is 0 Å². The van der Waals surface area contributed by atoms with Crippen LogP contribution in [0.4, 0.5) is 4.79 Å². The fourth-order valence-electron chi connectivity index (χ4n) is 1.15. The first kappa shape index (κ1) is 15.7. The number of carbonyl (C=O) groups excluding carboxylic acids is 1. The van der Waals surface area contributed by atoms with Crippen LogP contribution in [0, 0.1) is 0 Å². The van der Waals surface area contributed by atoms with Crippen LogP contribution in [-0.2, 0) is 9.53 Å². The number of hydrogen-bond acceptors (Lipinski definition) is 4. The number of rotatable bonds is 8. The molecule has 0 aromatic rings. The molecule has 0 spiro atoms. The molecule has 7 nitrogen and oxygen atoms in total. The molecule has 0 radical (unpaired) electrons. The molecular weight excluding hydrogens is 228 g/mol. The van der Waals surface area contributed by atoms with E-state index in [0.29, 0.717) is 13.2 Å². The Labute approximate surface area is 100 Å². The Balaban J connectivity index is 4.00. The number of urea groups is 1. The van der Waals surface area contributed by atoms with Crippen molar-refractivity contribution < 1.29 is 24.5 Å². The number of aliphatic hydroxyl groups is 1. The fraction of sp³-hybridized carbons (Fsp3) is 0.800. The topological polar surface area (TPSA) is 108 Å². The monoisotopic (exact) mass is 248 g/mol. The molecule has 7 heteroatoms. The normalized spacial score (nSPS) is 13.8. The molecule has 1 unspecified atom stereocenters. The summed E-state index contributed by atoms with van der Waals surface area (Å²) in [6, 6.07) is -1.88. The van der Waals surface area contributed by atoms with E-state index in [9.17, 15) is 9.59 Å². The number of nitrogens with one attached hydrogen (secondary N) is 2. The van der Waals surface area contributed by atoms with E-state index in [1.54, 1.807) is 6.92 Å². The summed E-state index contributed by atoms with van der Waals surface area (Å²) in [5.74, 6) is -1.17. The van der Waals surface area contributed by atoms with Crippen molar-refractivity contribution in [1.82, 2.24) is 10.6 Å². The Hall–Kier alpha value is -1.34. The number of carbonyl (C=O) groups is 2. The number of ether oxygens (including phenoxy) is 1. The number of aliphatic carboxylic acids is 1. The van der Waals surface area contributed by atoms with Gasteiger partial charge in [0.15, 0.2) is 0 Å². The zero-order valence-electron chi connectivity index (χ0n) is 10.1. The minimum Gasteiger partial charge on any atom is -0.480 e. The number of hydrogen-bond donors (Lipinski definition) is 4. The van der Waals surface area contributed by atoms with Crippen molar-refractivity contribution in [3.8, 4) is 0 Å². The minimum atomic E-state index is -1.17. The summed E-state index contributed by atoms with van der Waals surface area (Å²) in [5, 5.41) is 22.2. The molecule has 0 heterocycles. The van der Waals surface area contributed by atoms with Gasteiger partial charge in [0.2, 0.25) is 0 Å². The van der Waals surface area contributed by atoms with E-state index in [4.69, 9.17) is 14.9 Å². The molecule has 0 saturated carbocycles. The zero-order chi connectivity index (χ0) is 13.3. The van der Waals surface area contributed by atoms with Gasteiger partial charge in [0.1, 0.15) is 6.04 Å². The lowest BCUT2D eigenvalue weighted by molar-refractivity contribution is -0.139. The third kappa shape index (κ3) is 7.53. The number of aliphatic hydroxyl groups excluding tert-OH is 1. The molecule has 0 saturated heterocycles. The summed E-state index contributed by atoms with van der Waals surface area (Å²) < 4.78 is 5.10. The van der Waals surface area contributed by atoms with Crippen LogP contribution < -0.4 is 10.6 Å². The summed E-state index contributed by atoms with van der Waals surface area (Å²) in [6.07, 6.45) is -0.0252. The van der Waals surface area contributed by atoms with Gasteiger partial charge in [-0.2, -0.15) is 0 Å². The first-order valence-electron chi connectivity index (χ1n) is 5.49. The Bertz CT molecular complexity index is 247. The Morgan fingerprint density at radius 3 is 2.47 bits per heavy atom. The summed E-state index contributed by atoms with van der Waals surface area (Å²) in [6.45, 7) is 4.20. The Kier molecular flexibility index (Phi) is 8.08. The lowest BCUT2D eigenvalue weighted by Gasteiger charge is -2.17. The molecule has 0 aromatic heterocycles. The maximum Gasteiger partial charge on any atom is 0.326 e. The average molecular weight is 248 g/mol. The summed E-state index contributed by atoms with van der Waals surface area (Å²) in [5.41, 5.74) is 0. The van der Waals surface area contributed by atoms with E-state index in [-0.39, 0.29) is 19.1 Å². The highest BCUT2D eigenvalue weighted by molar-refractivity contribution is 5.82. The first-order valence-corrected chi connectivity index (χ1v) is 5.49. The Morgan fingerprint density at radius 1 is 1.35 bits per heavy atom. The molecule has 4 N–H and O–H groups in total. The molecule has 0 aromatic carbocycles. The van der Waals surface area contributed by atoms with Crippen LogP contribution in [0.15, 0.2) is 0 Å². The highest BCUT2D eigenvalue weighted by Crippen LogP contribution is 1.92. The van der Waals surface area contributed by atoms with Crippen LogP contribution in [0.3, 0.4) is 0 Å². The van der Waals surface area contributed by atoms with Crippen molar-refractivity contribution in [2.45, 2.75) is 32.4 Å². The van der Waals surface area contributed by atoms with Crippen molar-refractivity contribution in [3.05, 3.63) is 0 Å². The second kappa shape index (κ2) is 8.77. The second-order valence-corrected chi connectivity index (χ2v) is 3.58. The maximum absolute atomic E-state index is 11.4. The maximum atomic E-state index is 11.4. The van der Waals surface area contributed by atoms with Gasteiger partial charge in [0.05, 0.1) is 12.6 Å². The SMILES string of the molecule is CCOCC(C)NC(=O)N[C@H](CCO)C(=O)O. The van der Waals surface area contributed by atoms with Crippen LogP contribution in [-0.4, -0.2) is 54.1 Å². The van der Waals surface area contributed by atoms with Gasteiger partial charge >= 0.3 is 12.0 Å². The quantitative estimate of drug-likeness (QED) is 0.465. The fourth-order valence-corrected chi connectivity index (χ4v) is 1.15. The van der Waals surface area contributed by atoms with Gasteiger partial charge in [-0.25, -0.2) is 9.59 Å². The first-order chi connectivity index (χ1) is 8.01. The van der Waals surface area contributed by atoms with Crippen molar-refractivity contribution in [1.29, 1.82) is 0 Å². The van der Waals surface area contributed by atoms with E-state index < -0.39 is 18.0 Å². The van der Waals surface area contributed by atoms with Crippen molar-refractivity contribution in [2.75, 3.05) is 19.8 Å². The highest BCUT2D eigenvalue weighted by Gasteiger charge is 2.19. The van der Waals surface area contributed by atoms with Crippen molar-refractivity contribution >= 4 is 12.0 Å². The third-order valence-corrected chi connectivity index (χ3v) is 1.97. The van der Waals surface area contributed by atoms with E-state index in [1.807, 2.05) is 6.92 Å².